The van der Waals surface area contributed by atoms with E-state index in [9.17, 15) is 27.4 Å². The highest BCUT2D eigenvalue weighted by Crippen LogP contribution is 2.33. The average molecular weight is 387 g/mol. The molecule has 0 saturated heterocycles. The number of carbonyl (C=O) groups is 3. The number of anilines is 1. The maximum absolute atomic E-state index is 13.0. The Bertz CT molecular complexity index is 1070. The molecule has 1 aliphatic rings. The van der Waals surface area contributed by atoms with E-state index in [0.29, 0.717) is 0 Å². The second-order valence-electron chi connectivity index (χ2n) is 6.21. The van der Waals surface area contributed by atoms with Gasteiger partial charge in [0.1, 0.15) is 0 Å². The van der Waals surface area contributed by atoms with Gasteiger partial charge in [-0.3, -0.25) is 18.9 Å². The lowest BCUT2D eigenvalue weighted by molar-refractivity contribution is -0.118. The van der Waals surface area contributed by atoms with Crippen LogP contribution < -0.4 is 4.90 Å². The third kappa shape index (κ3) is 3.07. The van der Waals surface area contributed by atoms with Gasteiger partial charge in [0.2, 0.25) is 5.91 Å². The fourth-order valence-electron chi connectivity index (χ4n) is 3.25. The fraction of sp³-hybridized carbons (Fsp3) is 0.211. The minimum absolute atomic E-state index is 0.0437. The molecule has 3 rings (SSSR count). The van der Waals surface area contributed by atoms with E-state index < -0.39 is 27.1 Å². The van der Waals surface area contributed by atoms with Crippen molar-refractivity contribution in [3.63, 3.8) is 0 Å². The maximum atomic E-state index is 13.0. The topological polar surface area (TPSA) is 109 Å². The first-order valence-corrected chi connectivity index (χ1v) is 9.74. The summed E-state index contributed by atoms with van der Waals surface area (Å²) < 4.78 is 32.3. The standard InChI is InChI=1S/C19H17NO6S/c1-3-15(27(24,25)26)19(23)20(2)14-10-6-9-13-16(14)18(22)12-8-5-4-7-11(12)17(13)21/h4-10,15H,3H2,1-2H3,(H,24,25,26). The van der Waals surface area contributed by atoms with Gasteiger partial charge in [-0.25, -0.2) is 0 Å². The minimum Gasteiger partial charge on any atom is -0.314 e. The molecule has 1 unspecified atom stereocenters. The Hall–Kier alpha value is -2.84. The lowest BCUT2D eigenvalue weighted by Crippen LogP contribution is -2.41. The van der Waals surface area contributed by atoms with Gasteiger partial charge >= 0.3 is 0 Å². The van der Waals surface area contributed by atoms with Crippen LogP contribution in [0.2, 0.25) is 0 Å². The van der Waals surface area contributed by atoms with E-state index in [0.717, 1.165) is 4.90 Å². The number of fused-ring (bicyclic) bond motifs is 2. The molecule has 0 saturated carbocycles. The van der Waals surface area contributed by atoms with E-state index in [-0.39, 0.29) is 40.1 Å². The second-order valence-corrected chi connectivity index (χ2v) is 7.81. The van der Waals surface area contributed by atoms with Crippen molar-refractivity contribution in [1.82, 2.24) is 0 Å². The Labute approximate surface area is 156 Å². The first kappa shape index (κ1) is 18.9. The molecule has 2 aromatic carbocycles. The lowest BCUT2D eigenvalue weighted by Gasteiger charge is -2.26. The Kier molecular flexibility index (Phi) is 4.71. The van der Waals surface area contributed by atoms with E-state index in [1.807, 2.05) is 0 Å². The number of hydrogen-bond donors (Lipinski definition) is 1. The number of nitrogens with zero attached hydrogens (tertiary/aromatic N) is 1. The zero-order chi connectivity index (χ0) is 19.9. The average Bonchev–Trinajstić information content (AvgIpc) is 2.64. The van der Waals surface area contributed by atoms with Crippen LogP contribution in [0.1, 0.15) is 45.2 Å². The van der Waals surface area contributed by atoms with Crippen molar-refractivity contribution in [3.8, 4) is 0 Å². The van der Waals surface area contributed by atoms with Crippen LogP contribution in [-0.4, -0.2) is 42.7 Å². The van der Waals surface area contributed by atoms with Crippen molar-refractivity contribution in [2.24, 2.45) is 0 Å². The van der Waals surface area contributed by atoms with Crippen molar-refractivity contribution in [3.05, 3.63) is 64.7 Å². The van der Waals surface area contributed by atoms with Gasteiger partial charge in [-0.1, -0.05) is 43.3 Å². The predicted octanol–water partition coefficient (Wildman–Crippen LogP) is 2.09. The summed E-state index contributed by atoms with van der Waals surface area (Å²) in [6.07, 6.45) is -0.132. The molecular formula is C19H17NO6S. The fourth-order valence-corrected chi connectivity index (χ4v) is 4.09. The van der Waals surface area contributed by atoms with Gasteiger partial charge in [0, 0.05) is 23.7 Å². The number of hydrogen-bond acceptors (Lipinski definition) is 5. The molecular weight excluding hydrogens is 370 g/mol. The molecule has 8 heteroatoms. The van der Waals surface area contributed by atoms with E-state index in [1.54, 1.807) is 18.2 Å². The van der Waals surface area contributed by atoms with Gasteiger partial charge in [-0.05, 0) is 12.5 Å². The van der Waals surface area contributed by atoms with Gasteiger partial charge < -0.3 is 4.90 Å². The van der Waals surface area contributed by atoms with Crippen LogP contribution in [0.3, 0.4) is 0 Å². The van der Waals surface area contributed by atoms with Crippen LogP contribution in [0.25, 0.3) is 0 Å². The second kappa shape index (κ2) is 6.71. The summed E-state index contributed by atoms with van der Waals surface area (Å²) in [4.78, 5) is 39.4. The normalized spacial score (nSPS) is 14.3. The summed E-state index contributed by atoms with van der Waals surface area (Å²) in [6, 6.07) is 10.9. The van der Waals surface area contributed by atoms with Gasteiger partial charge in [0.15, 0.2) is 16.8 Å². The summed E-state index contributed by atoms with van der Waals surface area (Å²) >= 11 is 0. The van der Waals surface area contributed by atoms with Crippen molar-refractivity contribution in [1.29, 1.82) is 0 Å². The zero-order valence-corrected chi connectivity index (χ0v) is 15.5. The zero-order valence-electron chi connectivity index (χ0n) is 14.7. The Morgan fingerprint density at radius 3 is 2.11 bits per heavy atom. The first-order valence-electron chi connectivity index (χ1n) is 8.23. The largest absolute Gasteiger partial charge is 0.314 e. The third-order valence-corrected chi connectivity index (χ3v) is 5.88. The molecule has 1 atom stereocenters. The SMILES string of the molecule is CCC(C(=O)N(C)c1cccc2c1C(=O)c1ccccc1C2=O)S(=O)(=O)O. The van der Waals surface area contributed by atoms with E-state index in [4.69, 9.17) is 0 Å². The first-order chi connectivity index (χ1) is 12.7. The van der Waals surface area contributed by atoms with Gasteiger partial charge in [0.05, 0.1) is 11.3 Å². The molecule has 27 heavy (non-hydrogen) atoms. The summed E-state index contributed by atoms with van der Waals surface area (Å²) in [7, 11) is -3.29. The summed E-state index contributed by atoms with van der Waals surface area (Å²) in [6.45, 7) is 1.45. The molecule has 1 amide bonds. The molecule has 1 N–H and O–H groups in total. The molecule has 0 fully saturated rings. The van der Waals surface area contributed by atoms with E-state index in [1.165, 1.54) is 38.2 Å². The van der Waals surface area contributed by atoms with Crippen LogP contribution >= 0.6 is 0 Å². The Balaban J connectivity index is 2.14. The highest BCUT2D eigenvalue weighted by Gasteiger charge is 2.36. The van der Waals surface area contributed by atoms with Crippen molar-refractivity contribution < 1.29 is 27.4 Å². The molecule has 1 aliphatic carbocycles. The molecule has 7 nitrogen and oxygen atoms in total. The highest BCUT2D eigenvalue weighted by atomic mass is 32.2. The molecule has 140 valence electrons. The van der Waals surface area contributed by atoms with Gasteiger partial charge in [-0.15, -0.1) is 0 Å². The van der Waals surface area contributed by atoms with Gasteiger partial charge in [-0.2, -0.15) is 8.42 Å². The van der Waals surface area contributed by atoms with Crippen molar-refractivity contribution in [2.45, 2.75) is 18.6 Å². The van der Waals surface area contributed by atoms with E-state index in [2.05, 4.69) is 0 Å². The minimum atomic E-state index is -4.60. The molecule has 0 radical (unpaired) electrons. The quantitative estimate of drug-likeness (QED) is 0.687. The van der Waals surface area contributed by atoms with Crippen LogP contribution in [0.4, 0.5) is 5.69 Å². The van der Waals surface area contributed by atoms with Crippen LogP contribution in [-0.2, 0) is 14.9 Å². The monoisotopic (exact) mass is 387 g/mol. The Morgan fingerprint density at radius 2 is 1.56 bits per heavy atom. The summed E-state index contributed by atoms with van der Waals surface area (Å²) in [5.74, 6) is -1.65. The molecule has 2 aromatic rings. The van der Waals surface area contributed by atoms with Crippen LogP contribution in [0.5, 0.6) is 0 Å². The molecule has 0 bridgehead atoms. The maximum Gasteiger partial charge on any atom is 0.276 e. The smallest absolute Gasteiger partial charge is 0.276 e. The number of amides is 1. The van der Waals surface area contributed by atoms with Gasteiger partial charge in [0.25, 0.3) is 10.1 Å². The molecule has 0 aliphatic heterocycles. The molecule has 0 spiro atoms. The number of carbonyl (C=O) groups excluding carboxylic acids is 3. The van der Waals surface area contributed by atoms with Crippen LogP contribution in [0.15, 0.2) is 42.5 Å². The van der Waals surface area contributed by atoms with Crippen molar-refractivity contribution in [2.75, 3.05) is 11.9 Å². The van der Waals surface area contributed by atoms with E-state index >= 15 is 0 Å². The van der Waals surface area contributed by atoms with Crippen molar-refractivity contribution >= 4 is 33.3 Å². The molecule has 0 heterocycles. The predicted molar refractivity (Wildman–Crippen MR) is 98.8 cm³/mol. The number of rotatable bonds is 4. The third-order valence-electron chi connectivity index (χ3n) is 4.63. The summed E-state index contributed by atoms with van der Waals surface area (Å²) in [5.41, 5.74) is 0.820. The van der Waals surface area contributed by atoms with Crippen LogP contribution in [0, 0.1) is 0 Å². The summed E-state index contributed by atoms with van der Waals surface area (Å²) in [5, 5.41) is -1.65. The lowest BCUT2D eigenvalue weighted by atomic mass is 9.83. The number of benzene rings is 2. The number of ketones is 2. The Morgan fingerprint density at radius 1 is 1.00 bits per heavy atom. The highest BCUT2D eigenvalue weighted by molar-refractivity contribution is 7.87. The molecule has 0 aromatic heterocycles.